The summed E-state index contributed by atoms with van der Waals surface area (Å²) in [6.07, 6.45) is 1.80. The fourth-order valence-corrected chi connectivity index (χ4v) is 3.82. The number of carbonyl (C=O) groups is 1. The minimum absolute atomic E-state index is 0.0881. The van der Waals surface area contributed by atoms with E-state index in [1.807, 2.05) is 60.6 Å². The molecular formula is C21H23IN6O. The smallest absolute Gasteiger partial charge is 0.253 e. The first-order valence-electron chi connectivity index (χ1n) is 9.59. The van der Waals surface area contributed by atoms with Gasteiger partial charge in [-0.15, -0.1) is 0 Å². The summed E-state index contributed by atoms with van der Waals surface area (Å²) < 4.78 is 3.12. The molecule has 1 aliphatic heterocycles. The van der Waals surface area contributed by atoms with Crippen molar-refractivity contribution in [1.82, 2.24) is 24.4 Å². The molecule has 1 fully saturated rings. The number of benzene rings is 1. The van der Waals surface area contributed by atoms with Gasteiger partial charge in [0, 0.05) is 47.1 Å². The highest BCUT2D eigenvalue weighted by molar-refractivity contribution is 14.1. The Morgan fingerprint density at radius 3 is 2.24 bits per heavy atom. The number of anilines is 1. The van der Waals surface area contributed by atoms with Crippen molar-refractivity contribution < 1.29 is 4.79 Å². The Hall–Kier alpha value is -2.49. The molecule has 4 rings (SSSR count). The summed E-state index contributed by atoms with van der Waals surface area (Å²) in [5.41, 5.74) is 2.80. The Kier molecular flexibility index (Phi) is 5.53. The maximum Gasteiger partial charge on any atom is 0.253 e. The van der Waals surface area contributed by atoms with E-state index in [1.54, 1.807) is 6.33 Å². The van der Waals surface area contributed by atoms with E-state index in [-0.39, 0.29) is 5.91 Å². The van der Waals surface area contributed by atoms with Gasteiger partial charge in [0.2, 0.25) is 0 Å². The number of rotatable bonds is 3. The summed E-state index contributed by atoms with van der Waals surface area (Å²) in [4.78, 5) is 30.5. The largest absolute Gasteiger partial charge is 0.353 e. The van der Waals surface area contributed by atoms with E-state index in [0.717, 1.165) is 51.1 Å². The molecule has 3 heterocycles. The van der Waals surface area contributed by atoms with Gasteiger partial charge in [0.15, 0.2) is 0 Å². The lowest BCUT2D eigenvalue weighted by atomic mass is 10.2. The van der Waals surface area contributed by atoms with Gasteiger partial charge in [0.25, 0.3) is 5.91 Å². The molecule has 0 radical (unpaired) electrons. The molecule has 8 heteroatoms. The maximum atomic E-state index is 12.8. The molecular weight excluding hydrogens is 479 g/mol. The standard InChI is InChI=1S/C21H23IN6O/c1-14-15(2)28(13-23-14)20-12-19(24-16(3)25-20)26-8-10-27(11-9-26)21(29)17-4-6-18(22)7-5-17/h4-7,12-13H,8-11H2,1-3H3. The monoisotopic (exact) mass is 502 g/mol. The summed E-state index contributed by atoms with van der Waals surface area (Å²) in [7, 11) is 0. The summed E-state index contributed by atoms with van der Waals surface area (Å²) >= 11 is 2.25. The van der Waals surface area contributed by atoms with E-state index in [9.17, 15) is 4.79 Å². The molecule has 0 spiro atoms. The summed E-state index contributed by atoms with van der Waals surface area (Å²) in [5.74, 6) is 2.52. The molecule has 1 amide bonds. The molecule has 0 saturated carbocycles. The van der Waals surface area contributed by atoms with Gasteiger partial charge in [-0.2, -0.15) is 0 Å². The SMILES string of the molecule is Cc1nc(N2CCN(C(=O)c3ccc(I)cc3)CC2)cc(-n2cnc(C)c2C)n1. The van der Waals surface area contributed by atoms with E-state index < -0.39 is 0 Å². The number of hydrogen-bond acceptors (Lipinski definition) is 5. The Labute approximate surface area is 183 Å². The minimum atomic E-state index is 0.0881. The Morgan fingerprint density at radius 1 is 0.966 bits per heavy atom. The van der Waals surface area contributed by atoms with Crippen molar-refractivity contribution in [2.75, 3.05) is 31.1 Å². The number of amides is 1. The number of halogens is 1. The first-order chi connectivity index (χ1) is 13.9. The van der Waals surface area contributed by atoms with Crippen LogP contribution >= 0.6 is 22.6 Å². The lowest BCUT2D eigenvalue weighted by molar-refractivity contribution is 0.0746. The van der Waals surface area contributed by atoms with Crippen molar-refractivity contribution in [3.8, 4) is 5.82 Å². The average molecular weight is 502 g/mol. The van der Waals surface area contributed by atoms with Gasteiger partial charge in [-0.3, -0.25) is 9.36 Å². The van der Waals surface area contributed by atoms with Crippen LogP contribution in [0.3, 0.4) is 0 Å². The molecule has 1 aliphatic rings. The van der Waals surface area contributed by atoms with Gasteiger partial charge in [0.05, 0.1) is 5.69 Å². The van der Waals surface area contributed by atoms with Crippen LogP contribution in [0.5, 0.6) is 0 Å². The number of aromatic nitrogens is 4. The summed E-state index contributed by atoms with van der Waals surface area (Å²) in [6, 6.07) is 9.72. The van der Waals surface area contributed by atoms with Gasteiger partial charge in [-0.25, -0.2) is 15.0 Å². The average Bonchev–Trinajstić information content (AvgIpc) is 3.06. The zero-order chi connectivity index (χ0) is 20.5. The molecule has 1 saturated heterocycles. The van der Waals surface area contributed by atoms with E-state index in [2.05, 4.69) is 42.4 Å². The third-order valence-electron chi connectivity index (χ3n) is 5.29. The molecule has 3 aromatic rings. The zero-order valence-electron chi connectivity index (χ0n) is 16.8. The first kappa shape index (κ1) is 19.8. The Morgan fingerprint density at radius 2 is 1.62 bits per heavy atom. The quantitative estimate of drug-likeness (QED) is 0.515. The highest BCUT2D eigenvalue weighted by Crippen LogP contribution is 2.20. The molecule has 1 aromatic carbocycles. The topological polar surface area (TPSA) is 67.2 Å². The highest BCUT2D eigenvalue weighted by atomic mass is 127. The van der Waals surface area contributed by atoms with Crippen molar-refractivity contribution in [1.29, 1.82) is 0 Å². The zero-order valence-corrected chi connectivity index (χ0v) is 18.9. The van der Waals surface area contributed by atoms with Gasteiger partial charge < -0.3 is 9.80 Å². The van der Waals surface area contributed by atoms with Gasteiger partial charge in [0.1, 0.15) is 23.8 Å². The third-order valence-corrected chi connectivity index (χ3v) is 6.01. The molecule has 29 heavy (non-hydrogen) atoms. The van der Waals surface area contributed by atoms with Gasteiger partial charge >= 0.3 is 0 Å². The second kappa shape index (κ2) is 8.10. The first-order valence-corrected chi connectivity index (χ1v) is 10.7. The maximum absolute atomic E-state index is 12.8. The van der Waals surface area contributed by atoms with Crippen molar-refractivity contribution in [3.05, 3.63) is 63.0 Å². The number of imidazole rings is 1. The Balaban J connectivity index is 1.49. The number of hydrogen-bond donors (Lipinski definition) is 0. The molecule has 0 atom stereocenters. The molecule has 0 bridgehead atoms. The number of carbonyl (C=O) groups excluding carboxylic acids is 1. The normalized spacial score (nSPS) is 14.3. The van der Waals surface area contributed by atoms with Crippen LogP contribution in [0.15, 0.2) is 36.7 Å². The predicted molar refractivity (Wildman–Crippen MR) is 121 cm³/mol. The Bertz CT molecular complexity index is 1040. The number of piperazine rings is 1. The number of aryl methyl sites for hydroxylation is 2. The van der Waals surface area contributed by atoms with Crippen LogP contribution in [0.4, 0.5) is 5.82 Å². The van der Waals surface area contributed by atoms with Crippen molar-refractivity contribution >= 4 is 34.3 Å². The molecule has 0 aliphatic carbocycles. The fraction of sp³-hybridized carbons (Fsp3) is 0.333. The van der Waals surface area contributed by atoms with E-state index in [1.165, 1.54) is 0 Å². The van der Waals surface area contributed by atoms with Crippen LogP contribution in [0.1, 0.15) is 27.6 Å². The van der Waals surface area contributed by atoms with Crippen LogP contribution in [0.2, 0.25) is 0 Å². The minimum Gasteiger partial charge on any atom is -0.353 e. The van der Waals surface area contributed by atoms with E-state index in [0.29, 0.717) is 13.1 Å². The van der Waals surface area contributed by atoms with Crippen LogP contribution in [0, 0.1) is 24.3 Å². The molecule has 7 nitrogen and oxygen atoms in total. The van der Waals surface area contributed by atoms with Crippen LogP contribution in [-0.4, -0.2) is 56.5 Å². The highest BCUT2D eigenvalue weighted by Gasteiger charge is 2.23. The lowest BCUT2D eigenvalue weighted by Gasteiger charge is -2.35. The van der Waals surface area contributed by atoms with Crippen molar-refractivity contribution in [2.24, 2.45) is 0 Å². The van der Waals surface area contributed by atoms with Crippen LogP contribution < -0.4 is 4.90 Å². The molecule has 2 aromatic heterocycles. The third kappa shape index (κ3) is 4.12. The summed E-state index contributed by atoms with van der Waals surface area (Å²) in [5, 5.41) is 0. The van der Waals surface area contributed by atoms with Gasteiger partial charge in [-0.1, -0.05) is 0 Å². The van der Waals surface area contributed by atoms with Crippen molar-refractivity contribution in [2.45, 2.75) is 20.8 Å². The van der Waals surface area contributed by atoms with Gasteiger partial charge in [-0.05, 0) is 67.6 Å². The van der Waals surface area contributed by atoms with Crippen LogP contribution in [0.25, 0.3) is 5.82 Å². The molecule has 0 unspecified atom stereocenters. The van der Waals surface area contributed by atoms with Crippen molar-refractivity contribution in [3.63, 3.8) is 0 Å². The van der Waals surface area contributed by atoms with E-state index in [4.69, 9.17) is 0 Å². The summed E-state index contributed by atoms with van der Waals surface area (Å²) in [6.45, 7) is 8.77. The fourth-order valence-electron chi connectivity index (χ4n) is 3.47. The van der Waals surface area contributed by atoms with Crippen LogP contribution in [-0.2, 0) is 0 Å². The lowest BCUT2D eigenvalue weighted by Crippen LogP contribution is -2.49. The molecule has 150 valence electrons. The predicted octanol–water partition coefficient (Wildman–Crippen LogP) is 3.15. The number of nitrogens with zero attached hydrogens (tertiary/aromatic N) is 6. The second-order valence-electron chi connectivity index (χ2n) is 7.20. The van der Waals surface area contributed by atoms with E-state index >= 15 is 0 Å². The molecule has 0 N–H and O–H groups in total. The second-order valence-corrected chi connectivity index (χ2v) is 8.45.